The van der Waals surface area contributed by atoms with Gasteiger partial charge in [0.25, 0.3) is 5.91 Å². The van der Waals surface area contributed by atoms with Gasteiger partial charge in [-0.3, -0.25) is 4.79 Å². The minimum absolute atomic E-state index is 0.0341. The van der Waals surface area contributed by atoms with Gasteiger partial charge in [-0.1, -0.05) is 25.1 Å². The Bertz CT molecular complexity index is 624. The summed E-state index contributed by atoms with van der Waals surface area (Å²) in [6.07, 6.45) is 2.44. The molecule has 0 radical (unpaired) electrons. The number of hydrogen-bond acceptors (Lipinski definition) is 4. The topological polar surface area (TPSA) is 77.0 Å². The van der Waals surface area contributed by atoms with Crippen LogP contribution in [0.5, 0.6) is 0 Å². The minimum Gasteiger partial charge on any atom is -0.336 e. The summed E-state index contributed by atoms with van der Waals surface area (Å²) in [5.74, 6) is 0.355. The summed E-state index contributed by atoms with van der Waals surface area (Å²) >= 11 is 0. The maximum atomic E-state index is 12.5. The van der Waals surface area contributed by atoms with E-state index in [1.807, 2.05) is 30.3 Å². The van der Waals surface area contributed by atoms with E-state index in [2.05, 4.69) is 17.1 Å². The molecule has 0 spiro atoms. The van der Waals surface area contributed by atoms with E-state index in [1.165, 1.54) is 11.0 Å². The molecule has 21 heavy (non-hydrogen) atoms. The van der Waals surface area contributed by atoms with Crippen LogP contribution in [-0.4, -0.2) is 44.9 Å². The van der Waals surface area contributed by atoms with Crippen molar-refractivity contribution in [3.63, 3.8) is 0 Å². The van der Waals surface area contributed by atoms with Crippen LogP contribution in [0.15, 0.2) is 36.5 Å². The van der Waals surface area contributed by atoms with Crippen LogP contribution in [0.2, 0.25) is 0 Å². The summed E-state index contributed by atoms with van der Waals surface area (Å²) in [5.41, 5.74) is 7.24. The van der Waals surface area contributed by atoms with Crippen LogP contribution in [0.3, 0.4) is 0 Å². The molecule has 2 unspecified atom stereocenters. The van der Waals surface area contributed by atoms with Crippen LogP contribution in [0.4, 0.5) is 0 Å². The first-order chi connectivity index (χ1) is 10.1. The van der Waals surface area contributed by atoms with Gasteiger partial charge < -0.3 is 10.6 Å². The highest BCUT2D eigenvalue weighted by molar-refractivity contribution is 5.92. The molecule has 2 heterocycles. The van der Waals surface area contributed by atoms with Gasteiger partial charge in [0.2, 0.25) is 0 Å². The van der Waals surface area contributed by atoms with Crippen molar-refractivity contribution < 1.29 is 4.79 Å². The van der Waals surface area contributed by atoms with Gasteiger partial charge in [-0.05, 0) is 24.5 Å². The SMILES string of the molecule is CC1CCN(C(=O)c2cnn(-c3ccccc3)n2)CC1N. The van der Waals surface area contributed by atoms with Crippen LogP contribution in [0.25, 0.3) is 5.69 Å². The molecule has 1 aliphatic rings. The van der Waals surface area contributed by atoms with E-state index in [4.69, 9.17) is 5.73 Å². The zero-order valence-electron chi connectivity index (χ0n) is 12.0. The number of amides is 1. The molecule has 1 aliphatic heterocycles. The Morgan fingerprint density at radius 1 is 1.33 bits per heavy atom. The van der Waals surface area contributed by atoms with Crippen LogP contribution in [0.1, 0.15) is 23.8 Å². The number of nitrogens with two attached hydrogens (primary N) is 1. The summed E-state index contributed by atoms with van der Waals surface area (Å²) in [6.45, 7) is 3.43. The van der Waals surface area contributed by atoms with Crippen LogP contribution in [0, 0.1) is 5.92 Å². The smallest absolute Gasteiger partial charge is 0.276 e. The minimum atomic E-state index is -0.0977. The van der Waals surface area contributed by atoms with Gasteiger partial charge in [-0.25, -0.2) is 0 Å². The number of piperidine rings is 1. The highest BCUT2D eigenvalue weighted by Crippen LogP contribution is 2.17. The molecular weight excluding hydrogens is 266 g/mol. The number of carbonyl (C=O) groups is 1. The van der Waals surface area contributed by atoms with E-state index in [1.54, 1.807) is 4.90 Å². The van der Waals surface area contributed by atoms with E-state index in [0.717, 1.165) is 18.7 Å². The van der Waals surface area contributed by atoms with Gasteiger partial charge in [-0.2, -0.15) is 9.90 Å². The Hall–Kier alpha value is -2.21. The molecule has 0 bridgehead atoms. The average molecular weight is 285 g/mol. The molecule has 1 aromatic carbocycles. The molecule has 1 fully saturated rings. The van der Waals surface area contributed by atoms with E-state index >= 15 is 0 Å². The fourth-order valence-electron chi connectivity index (χ4n) is 2.49. The standard InChI is InChI=1S/C15H19N5O/c1-11-7-8-19(10-13(11)16)15(21)14-9-17-20(18-14)12-5-3-2-4-6-12/h2-6,9,11,13H,7-8,10,16H2,1H3. The van der Waals surface area contributed by atoms with E-state index in [9.17, 15) is 4.79 Å². The predicted molar refractivity (Wildman–Crippen MR) is 79.0 cm³/mol. The van der Waals surface area contributed by atoms with Gasteiger partial charge in [0.15, 0.2) is 5.69 Å². The molecule has 3 rings (SSSR count). The number of carbonyl (C=O) groups excluding carboxylic acids is 1. The van der Waals surface area contributed by atoms with Crippen LogP contribution >= 0.6 is 0 Å². The van der Waals surface area contributed by atoms with Gasteiger partial charge in [0.1, 0.15) is 0 Å². The fraction of sp³-hybridized carbons (Fsp3) is 0.400. The highest BCUT2D eigenvalue weighted by atomic mass is 16.2. The Balaban J connectivity index is 1.76. The Kier molecular flexibility index (Phi) is 3.70. The molecule has 1 aromatic heterocycles. The van der Waals surface area contributed by atoms with Crippen molar-refractivity contribution in [1.29, 1.82) is 0 Å². The maximum absolute atomic E-state index is 12.5. The Morgan fingerprint density at radius 3 is 2.81 bits per heavy atom. The number of rotatable bonds is 2. The summed E-state index contributed by atoms with van der Waals surface area (Å²) in [4.78, 5) is 15.7. The van der Waals surface area contributed by atoms with Crippen LogP contribution in [-0.2, 0) is 0 Å². The van der Waals surface area contributed by atoms with Gasteiger partial charge in [-0.15, -0.1) is 5.10 Å². The summed E-state index contributed by atoms with van der Waals surface area (Å²) in [6, 6.07) is 9.57. The first kappa shape index (κ1) is 13.8. The number of para-hydroxylation sites is 1. The van der Waals surface area contributed by atoms with E-state index < -0.39 is 0 Å². The number of likely N-dealkylation sites (tertiary alicyclic amines) is 1. The number of hydrogen-bond donors (Lipinski definition) is 1. The van der Waals surface area contributed by atoms with Crippen molar-refractivity contribution in [3.05, 3.63) is 42.2 Å². The van der Waals surface area contributed by atoms with Crippen molar-refractivity contribution in [2.75, 3.05) is 13.1 Å². The summed E-state index contributed by atoms with van der Waals surface area (Å²) < 4.78 is 0. The number of benzene rings is 1. The lowest BCUT2D eigenvalue weighted by Gasteiger charge is -2.34. The quantitative estimate of drug-likeness (QED) is 0.895. The number of aromatic nitrogens is 3. The summed E-state index contributed by atoms with van der Waals surface area (Å²) in [7, 11) is 0. The van der Waals surface area contributed by atoms with Gasteiger partial charge in [0.05, 0.1) is 11.9 Å². The molecule has 2 N–H and O–H groups in total. The monoisotopic (exact) mass is 285 g/mol. The van der Waals surface area contributed by atoms with Crippen molar-refractivity contribution in [1.82, 2.24) is 19.9 Å². The zero-order chi connectivity index (χ0) is 14.8. The highest BCUT2D eigenvalue weighted by Gasteiger charge is 2.28. The van der Waals surface area contributed by atoms with E-state index in [-0.39, 0.29) is 11.9 Å². The van der Waals surface area contributed by atoms with Crippen molar-refractivity contribution in [3.8, 4) is 5.69 Å². The molecule has 6 heteroatoms. The van der Waals surface area contributed by atoms with Crippen molar-refractivity contribution in [2.45, 2.75) is 19.4 Å². The largest absolute Gasteiger partial charge is 0.336 e. The maximum Gasteiger partial charge on any atom is 0.276 e. The second kappa shape index (κ2) is 5.65. The normalized spacial score (nSPS) is 22.3. The third-order valence-electron chi connectivity index (χ3n) is 4.00. The lowest BCUT2D eigenvalue weighted by molar-refractivity contribution is 0.0666. The van der Waals surface area contributed by atoms with Crippen molar-refractivity contribution in [2.24, 2.45) is 11.7 Å². The molecule has 1 saturated heterocycles. The third-order valence-corrected chi connectivity index (χ3v) is 4.00. The average Bonchev–Trinajstić information content (AvgIpc) is 3.00. The molecule has 110 valence electrons. The molecule has 6 nitrogen and oxygen atoms in total. The van der Waals surface area contributed by atoms with Crippen LogP contribution < -0.4 is 5.73 Å². The third kappa shape index (κ3) is 2.80. The first-order valence-corrected chi connectivity index (χ1v) is 7.18. The molecule has 0 aliphatic carbocycles. The second-order valence-corrected chi connectivity index (χ2v) is 5.54. The van der Waals surface area contributed by atoms with Gasteiger partial charge in [0, 0.05) is 19.1 Å². The lowest BCUT2D eigenvalue weighted by Crippen LogP contribution is -2.49. The molecular formula is C15H19N5O. The lowest BCUT2D eigenvalue weighted by atomic mass is 9.94. The molecule has 1 amide bonds. The molecule has 2 aromatic rings. The predicted octanol–water partition coefficient (Wildman–Crippen LogP) is 1.08. The van der Waals surface area contributed by atoms with Gasteiger partial charge >= 0.3 is 0 Å². The molecule has 0 saturated carbocycles. The number of nitrogens with zero attached hydrogens (tertiary/aromatic N) is 4. The summed E-state index contributed by atoms with van der Waals surface area (Å²) in [5, 5.41) is 8.44. The van der Waals surface area contributed by atoms with Crippen molar-refractivity contribution >= 4 is 5.91 Å². The first-order valence-electron chi connectivity index (χ1n) is 7.18. The second-order valence-electron chi connectivity index (χ2n) is 5.54. The van der Waals surface area contributed by atoms with E-state index in [0.29, 0.717) is 18.2 Å². The fourth-order valence-corrected chi connectivity index (χ4v) is 2.49. The Morgan fingerprint density at radius 2 is 2.10 bits per heavy atom. The zero-order valence-corrected chi connectivity index (χ0v) is 12.0. The Labute approximate surface area is 123 Å². The molecule has 2 atom stereocenters.